The predicted octanol–water partition coefficient (Wildman–Crippen LogP) is 5.25. The third-order valence-electron chi connectivity index (χ3n) is 3.24. The molecule has 0 heterocycles. The van der Waals surface area contributed by atoms with Gasteiger partial charge >= 0.3 is 0 Å². The molecule has 0 spiro atoms. The largest absolute Gasteiger partial charge is 0.354 e. The zero-order valence-electron chi connectivity index (χ0n) is 10.9. The van der Waals surface area contributed by atoms with Gasteiger partial charge in [0.2, 0.25) is 0 Å². The second-order valence-corrected chi connectivity index (χ2v) is 4.97. The van der Waals surface area contributed by atoms with Gasteiger partial charge in [0.15, 0.2) is 0 Å². The first-order valence-electron chi connectivity index (χ1n) is 6.33. The van der Waals surface area contributed by atoms with E-state index in [1.54, 1.807) is 12.1 Å². The molecule has 0 aliphatic heterocycles. The number of hydrogen-bond acceptors (Lipinski definition) is 2. The summed E-state index contributed by atoms with van der Waals surface area (Å²) in [6, 6.07) is 17.4. The Balaban J connectivity index is 2.14. The van der Waals surface area contributed by atoms with E-state index in [9.17, 15) is 4.39 Å². The number of nitrogens with one attached hydrogen (secondary N) is 1. The SMILES string of the molecule is N#Cc1ccc(Nc2cc(F)ccc2Cl)c2ccccc12. The molecular weight excluding hydrogens is 287 g/mol. The second kappa shape index (κ2) is 5.43. The fraction of sp³-hybridized carbons (Fsp3) is 0. The third kappa shape index (κ3) is 2.54. The van der Waals surface area contributed by atoms with Crippen LogP contribution in [0.4, 0.5) is 15.8 Å². The van der Waals surface area contributed by atoms with Crippen LogP contribution in [0.1, 0.15) is 5.56 Å². The second-order valence-electron chi connectivity index (χ2n) is 4.57. The van der Waals surface area contributed by atoms with E-state index in [1.165, 1.54) is 18.2 Å². The Kier molecular flexibility index (Phi) is 3.47. The maximum absolute atomic E-state index is 13.3. The van der Waals surface area contributed by atoms with Crippen molar-refractivity contribution < 1.29 is 4.39 Å². The lowest BCUT2D eigenvalue weighted by Crippen LogP contribution is -1.94. The smallest absolute Gasteiger partial charge is 0.125 e. The standard InChI is InChI=1S/C17H10ClFN2/c18-15-7-6-12(19)9-17(15)21-16-8-5-11(10-20)13-3-1-2-4-14(13)16/h1-9,21H. The van der Waals surface area contributed by atoms with Crippen molar-refractivity contribution in [1.82, 2.24) is 0 Å². The van der Waals surface area contributed by atoms with Gasteiger partial charge < -0.3 is 5.32 Å². The fourth-order valence-electron chi connectivity index (χ4n) is 2.24. The first kappa shape index (κ1) is 13.4. The van der Waals surface area contributed by atoms with Gasteiger partial charge in [0.1, 0.15) is 5.82 Å². The predicted molar refractivity (Wildman–Crippen MR) is 83.4 cm³/mol. The van der Waals surface area contributed by atoms with Crippen molar-refractivity contribution in [2.45, 2.75) is 0 Å². The molecule has 2 nitrogen and oxygen atoms in total. The van der Waals surface area contributed by atoms with Crippen LogP contribution < -0.4 is 5.32 Å². The van der Waals surface area contributed by atoms with E-state index in [2.05, 4.69) is 11.4 Å². The van der Waals surface area contributed by atoms with E-state index in [4.69, 9.17) is 16.9 Å². The maximum atomic E-state index is 13.3. The molecule has 0 amide bonds. The summed E-state index contributed by atoms with van der Waals surface area (Å²) in [5.74, 6) is -0.361. The molecule has 0 aliphatic rings. The lowest BCUT2D eigenvalue weighted by molar-refractivity contribution is 0.628. The van der Waals surface area contributed by atoms with Gasteiger partial charge in [-0.15, -0.1) is 0 Å². The number of rotatable bonds is 2. The number of fused-ring (bicyclic) bond motifs is 1. The van der Waals surface area contributed by atoms with Gasteiger partial charge in [-0.05, 0) is 30.3 Å². The van der Waals surface area contributed by atoms with Crippen molar-refractivity contribution in [1.29, 1.82) is 5.26 Å². The van der Waals surface area contributed by atoms with Gasteiger partial charge in [-0.2, -0.15) is 5.26 Å². The quantitative estimate of drug-likeness (QED) is 0.701. The first-order valence-corrected chi connectivity index (χ1v) is 6.71. The molecule has 0 unspecified atom stereocenters. The fourth-order valence-corrected chi connectivity index (χ4v) is 2.41. The third-order valence-corrected chi connectivity index (χ3v) is 3.57. The molecule has 0 fully saturated rings. The monoisotopic (exact) mass is 296 g/mol. The van der Waals surface area contributed by atoms with E-state index in [0.29, 0.717) is 16.3 Å². The summed E-state index contributed by atoms with van der Waals surface area (Å²) in [5.41, 5.74) is 1.87. The lowest BCUT2D eigenvalue weighted by Gasteiger charge is -2.12. The van der Waals surface area contributed by atoms with E-state index >= 15 is 0 Å². The Morgan fingerprint density at radius 3 is 2.48 bits per heavy atom. The van der Waals surface area contributed by atoms with Gasteiger partial charge in [0, 0.05) is 16.5 Å². The highest BCUT2D eigenvalue weighted by Gasteiger charge is 2.08. The molecule has 0 saturated heterocycles. The van der Waals surface area contributed by atoms with Gasteiger partial charge in [-0.25, -0.2) is 4.39 Å². The molecule has 0 aliphatic carbocycles. The molecule has 0 bridgehead atoms. The molecule has 3 rings (SSSR count). The van der Waals surface area contributed by atoms with Crippen LogP contribution in [-0.2, 0) is 0 Å². The number of halogens is 2. The maximum Gasteiger partial charge on any atom is 0.125 e. The van der Waals surface area contributed by atoms with Crippen molar-refractivity contribution in [2.24, 2.45) is 0 Å². The average Bonchev–Trinajstić information content (AvgIpc) is 2.51. The zero-order chi connectivity index (χ0) is 14.8. The normalized spacial score (nSPS) is 10.3. The molecule has 3 aromatic rings. The minimum absolute atomic E-state index is 0.361. The van der Waals surface area contributed by atoms with E-state index < -0.39 is 0 Å². The van der Waals surface area contributed by atoms with E-state index in [0.717, 1.165) is 16.5 Å². The summed E-state index contributed by atoms with van der Waals surface area (Å²) >= 11 is 6.07. The Morgan fingerprint density at radius 1 is 0.952 bits per heavy atom. The number of nitriles is 1. The Labute approximate surface area is 126 Å². The first-order chi connectivity index (χ1) is 10.2. The summed E-state index contributed by atoms with van der Waals surface area (Å²) < 4.78 is 13.3. The Bertz CT molecular complexity index is 868. The van der Waals surface area contributed by atoms with Crippen molar-refractivity contribution in [2.75, 3.05) is 5.32 Å². The van der Waals surface area contributed by atoms with Crippen LogP contribution in [0.3, 0.4) is 0 Å². The molecule has 0 saturated carbocycles. The number of anilines is 2. The Morgan fingerprint density at radius 2 is 1.71 bits per heavy atom. The van der Waals surface area contributed by atoms with Crippen molar-refractivity contribution in [3.8, 4) is 6.07 Å². The summed E-state index contributed by atoms with van der Waals surface area (Å²) in [5, 5.41) is 14.4. The Hall–Kier alpha value is -2.57. The van der Waals surface area contributed by atoms with Crippen molar-refractivity contribution in [3.05, 3.63) is 71.0 Å². The van der Waals surface area contributed by atoms with Crippen LogP contribution in [0.15, 0.2) is 54.6 Å². The zero-order valence-corrected chi connectivity index (χ0v) is 11.7. The topological polar surface area (TPSA) is 35.8 Å². The summed E-state index contributed by atoms with van der Waals surface area (Å²) in [7, 11) is 0. The summed E-state index contributed by atoms with van der Waals surface area (Å²) in [4.78, 5) is 0. The van der Waals surface area contributed by atoms with Gasteiger partial charge in [0.25, 0.3) is 0 Å². The van der Waals surface area contributed by atoms with Crippen LogP contribution >= 0.6 is 11.6 Å². The minimum atomic E-state index is -0.361. The number of hydrogen-bond donors (Lipinski definition) is 1. The van der Waals surface area contributed by atoms with Crippen molar-refractivity contribution in [3.63, 3.8) is 0 Å². The van der Waals surface area contributed by atoms with Crippen LogP contribution in [0, 0.1) is 17.1 Å². The van der Waals surface area contributed by atoms with Crippen LogP contribution in [0.2, 0.25) is 5.02 Å². The minimum Gasteiger partial charge on any atom is -0.354 e. The molecule has 3 aromatic carbocycles. The van der Waals surface area contributed by atoms with Gasteiger partial charge in [-0.1, -0.05) is 35.9 Å². The molecule has 102 valence electrons. The van der Waals surface area contributed by atoms with E-state index in [1.807, 2.05) is 24.3 Å². The molecule has 4 heteroatoms. The molecule has 0 aromatic heterocycles. The van der Waals surface area contributed by atoms with Crippen LogP contribution in [0.5, 0.6) is 0 Å². The highest BCUT2D eigenvalue weighted by atomic mass is 35.5. The van der Waals surface area contributed by atoms with Crippen LogP contribution in [0.25, 0.3) is 10.8 Å². The van der Waals surface area contributed by atoms with Crippen molar-refractivity contribution >= 4 is 33.7 Å². The highest BCUT2D eigenvalue weighted by molar-refractivity contribution is 6.33. The van der Waals surface area contributed by atoms with E-state index in [-0.39, 0.29) is 5.82 Å². The average molecular weight is 297 g/mol. The summed E-state index contributed by atoms with van der Waals surface area (Å²) in [6.45, 7) is 0. The van der Waals surface area contributed by atoms with Gasteiger partial charge in [0.05, 0.1) is 22.3 Å². The van der Waals surface area contributed by atoms with Crippen LogP contribution in [-0.4, -0.2) is 0 Å². The number of benzene rings is 3. The molecule has 21 heavy (non-hydrogen) atoms. The highest BCUT2D eigenvalue weighted by Crippen LogP contribution is 2.31. The molecule has 0 atom stereocenters. The molecule has 1 N–H and O–H groups in total. The lowest BCUT2D eigenvalue weighted by atomic mass is 10.0. The summed E-state index contributed by atoms with van der Waals surface area (Å²) in [6.07, 6.45) is 0. The molecular formula is C17H10ClFN2. The number of nitrogens with zero attached hydrogens (tertiary/aromatic N) is 1. The van der Waals surface area contributed by atoms with Gasteiger partial charge in [-0.3, -0.25) is 0 Å². The molecule has 0 radical (unpaired) electrons.